The highest BCUT2D eigenvalue weighted by molar-refractivity contribution is 5.99. The van der Waals surface area contributed by atoms with Crippen LogP contribution < -0.4 is 10.6 Å². The maximum Gasteiger partial charge on any atom is 0.408 e. The first-order valence-corrected chi connectivity index (χ1v) is 15.3. The number of alkyl carbamates (subject to hydrolysis) is 1. The molecule has 2 aromatic rings. The maximum atomic E-state index is 14.5. The normalized spacial score (nSPS) is 13.5. The number of rotatable bonds is 14. The van der Waals surface area contributed by atoms with Gasteiger partial charge in [0.1, 0.15) is 23.4 Å². The van der Waals surface area contributed by atoms with Crippen molar-refractivity contribution in [1.82, 2.24) is 10.2 Å². The van der Waals surface area contributed by atoms with Crippen LogP contribution in [-0.2, 0) is 14.3 Å². The lowest BCUT2D eigenvalue weighted by Gasteiger charge is -2.36. The number of aromatic hydroxyl groups is 1. The number of anilines is 1. The summed E-state index contributed by atoms with van der Waals surface area (Å²) in [5.41, 5.74) is 1.69. The van der Waals surface area contributed by atoms with Gasteiger partial charge in [-0.25, -0.2) is 4.79 Å². The molecule has 0 saturated heterocycles. The largest absolute Gasteiger partial charge is 0.507 e. The zero-order chi connectivity index (χ0) is 31.4. The molecule has 0 bridgehead atoms. The van der Waals surface area contributed by atoms with Crippen molar-refractivity contribution in [1.29, 1.82) is 0 Å². The highest BCUT2D eigenvalue weighted by Crippen LogP contribution is 2.34. The SMILES string of the molecule is CCCCCCCN(C(=O)C(NC(=O)OC(C)(C)C)C(C)CC)C(C(=O)Nc1ccccc1C)c1cccc(C)c1O. The number of unbranched alkanes of at least 4 members (excludes halogenated alkanes) is 4. The lowest BCUT2D eigenvalue weighted by atomic mass is 9.94. The molecule has 8 heteroatoms. The van der Waals surface area contributed by atoms with Crippen molar-refractivity contribution in [3.8, 4) is 5.75 Å². The van der Waals surface area contributed by atoms with Gasteiger partial charge in [-0.2, -0.15) is 0 Å². The van der Waals surface area contributed by atoms with Crippen LogP contribution in [0.15, 0.2) is 42.5 Å². The van der Waals surface area contributed by atoms with Gasteiger partial charge in [0.25, 0.3) is 5.91 Å². The Morgan fingerprint density at radius 1 is 0.929 bits per heavy atom. The quantitative estimate of drug-likeness (QED) is 0.201. The van der Waals surface area contributed by atoms with Gasteiger partial charge in [-0.3, -0.25) is 9.59 Å². The Bertz CT molecular complexity index is 1190. The molecule has 3 unspecified atom stereocenters. The third kappa shape index (κ3) is 10.1. The number of amides is 3. The minimum atomic E-state index is -1.13. The monoisotopic (exact) mass is 581 g/mol. The van der Waals surface area contributed by atoms with Crippen LogP contribution in [0, 0.1) is 19.8 Å². The molecule has 0 heterocycles. The van der Waals surface area contributed by atoms with Crippen LogP contribution in [-0.4, -0.2) is 46.1 Å². The van der Waals surface area contributed by atoms with Gasteiger partial charge in [0.15, 0.2) is 0 Å². The minimum Gasteiger partial charge on any atom is -0.507 e. The van der Waals surface area contributed by atoms with E-state index < -0.39 is 35.6 Å². The Labute approximate surface area is 252 Å². The molecule has 42 heavy (non-hydrogen) atoms. The van der Waals surface area contributed by atoms with E-state index in [4.69, 9.17) is 4.74 Å². The molecule has 2 aromatic carbocycles. The van der Waals surface area contributed by atoms with Gasteiger partial charge in [0.2, 0.25) is 5.91 Å². The minimum absolute atomic E-state index is 0.0357. The Hall–Kier alpha value is -3.55. The molecule has 0 saturated carbocycles. The number of hydrogen-bond acceptors (Lipinski definition) is 5. The summed E-state index contributed by atoms with van der Waals surface area (Å²) < 4.78 is 5.50. The zero-order valence-corrected chi connectivity index (χ0v) is 26.8. The third-order valence-corrected chi connectivity index (χ3v) is 7.46. The number of benzene rings is 2. The molecule has 0 aliphatic heterocycles. The van der Waals surface area contributed by atoms with Gasteiger partial charge in [-0.1, -0.05) is 89.3 Å². The van der Waals surface area contributed by atoms with Gasteiger partial charge in [0.05, 0.1) is 0 Å². The summed E-state index contributed by atoms with van der Waals surface area (Å²) in [6.45, 7) is 15.2. The van der Waals surface area contributed by atoms with Crippen molar-refractivity contribution >= 4 is 23.6 Å². The highest BCUT2D eigenvalue weighted by Gasteiger charge is 2.39. The molecule has 8 nitrogen and oxygen atoms in total. The molecule has 0 spiro atoms. The second-order valence-corrected chi connectivity index (χ2v) is 12.2. The predicted octanol–water partition coefficient (Wildman–Crippen LogP) is 7.43. The van der Waals surface area contributed by atoms with Gasteiger partial charge in [-0.15, -0.1) is 0 Å². The Morgan fingerprint density at radius 2 is 1.57 bits per heavy atom. The maximum absolute atomic E-state index is 14.5. The van der Waals surface area contributed by atoms with E-state index in [1.165, 1.54) is 4.90 Å². The average molecular weight is 582 g/mol. The van der Waals surface area contributed by atoms with Gasteiger partial charge >= 0.3 is 6.09 Å². The number of phenols is 1. The van der Waals surface area contributed by atoms with E-state index >= 15 is 0 Å². The summed E-state index contributed by atoms with van der Waals surface area (Å²) in [6, 6.07) is 10.6. The van der Waals surface area contributed by atoms with Crippen LogP contribution in [0.2, 0.25) is 0 Å². The fourth-order valence-corrected chi connectivity index (χ4v) is 4.82. The molecule has 3 N–H and O–H groups in total. The smallest absolute Gasteiger partial charge is 0.408 e. The van der Waals surface area contributed by atoms with E-state index in [1.807, 2.05) is 45.0 Å². The Morgan fingerprint density at radius 3 is 2.19 bits per heavy atom. The van der Waals surface area contributed by atoms with Crippen LogP contribution in [0.5, 0.6) is 5.75 Å². The first-order valence-electron chi connectivity index (χ1n) is 15.3. The Balaban J connectivity index is 2.62. The number of nitrogens with zero attached hydrogens (tertiary/aromatic N) is 1. The first kappa shape index (κ1) is 34.7. The fraction of sp³-hybridized carbons (Fsp3) is 0.559. The summed E-state index contributed by atoms with van der Waals surface area (Å²) in [5, 5.41) is 17.0. The van der Waals surface area contributed by atoms with Gasteiger partial charge in [-0.05, 0) is 64.2 Å². The lowest BCUT2D eigenvalue weighted by molar-refractivity contribution is -0.142. The molecular weight excluding hydrogens is 530 g/mol. The molecular formula is C34H51N3O5. The molecule has 232 valence electrons. The van der Waals surface area contributed by atoms with Crippen LogP contribution in [0.4, 0.5) is 10.5 Å². The molecule has 3 atom stereocenters. The van der Waals surface area contributed by atoms with Crippen LogP contribution >= 0.6 is 0 Å². The summed E-state index contributed by atoms with van der Waals surface area (Å²) in [7, 11) is 0. The standard InChI is InChI=1S/C34H51N3O5/c1-9-11-12-13-16-22-37(32(40)28(23(3)10-2)36-33(41)42-34(6,7)8)29(26-20-17-19-25(5)30(26)38)31(39)35-27-21-15-14-18-24(27)4/h14-15,17-21,23,28-29,38H,9-13,16,22H2,1-8H3,(H,35,39)(H,36,41). The number of aryl methyl sites for hydroxylation is 2. The van der Waals surface area contributed by atoms with Crippen molar-refractivity contribution < 1.29 is 24.2 Å². The zero-order valence-electron chi connectivity index (χ0n) is 26.8. The predicted molar refractivity (Wildman–Crippen MR) is 168 cm³/mol. The topological polar surface area (TPSA) is 108 Å². The van der Waals surface area contributed by atoms with E-state index in [-0.39, 0.29) is 18.2 Å². The number of ether oxygens (including phenoxy) is 1. The molecule has 0 aliphatic rings. The van der Waals surface area contributed by atoms with E-state index in [9.17, 15) is 19.5 Å². The number of nitrogens with one attached hydrogen (secondary N) is 2. The molecule has 0 aromatic heterocycles. The van der Waals surface area contributed by atoms with Crippen LogP contribution in [0.25, 0.3) is 0 Å². The summed E-state index contributed by atoms with van der Waals surface area (Å²) in [6.07, 6.45) is 4.66. The highest BCUT2D eigenvalue weighted by atomic mass is 16.6. The van der Waals surface area contributed by atoms with Crippen molar-refractivity contribution in [2.24, 2.45) is 5.92 Å². The molecule has 0 aliphatic carbocycles. The second-order valence-electron chi connectivity index (χ2n) is 12.2. The van der Waals surface area contributed by atoms with Crippen molar-refractivity contribution in [2.75, 3.05) is 11.9 Å². The van der Waals surface area contributed by atoms with E-state index in [0.29, 0.717) is 29.7 Å². The summed E-state index contributed by atoms with van der Waals surface area (Å²) in [5.74, 6) is -1.10. The number of phenolic OH excluding ortho intramolecular Hbond substituents is 1. The molecule has 3 amide bonds. The molecule has 0 fully saturated rings. The molecule has 2 rings (SSSR count). The average Bonchev–Trinajstić information content (AvgIpc) is 2.92. The number of hydrogen-bond donors (Lipinski definition) is 3. The van der Waals surface area contributed by atoms with E-state index in [0.717, 1.165) is 31.2 Å². The second kappa shape index (κ2) is 16.2. The third-order valence-electron chi connectivity index (χ3n) is 7.46. The van der Waals surface area contributed by atoms with E-state index in [2.05, 4.69) is 17.6 Å². The number of carbonyl (C=O) groups is 3. The van der Waals surface area contributed by atoms with Crippen molar-refractivity contribution in [3.63, 3.8) is 0 Å². The molecule has 0 radical (unpaired) electrons. The summed E-state index contributed by atoms with van der Waals surface area (Å²) >= 11 is 0. The van der Waals surface area contributed by atoms with Gasteiger partial charge in [0, 0.05) is 17.8 Å². The Kier molecular flexibility index (Phi) is 13.4. The van der Waals surface area contributed by atoms with Crippen LogP contribution in [0.3, 0.4) is 0 Å². The van der Waals surface area contributed by atoms with Crippen molar-refractivity contribution in [2.45, 2.75) is 112 Å². The van der Waals surface area contributed by atoms with Gasteiger partial charge < -0.3 is 25.4 Å². The first-order chi connectivity index (χ1) is 19.8. The van der Waals surface area contributed by atoms with E-state index in [1.54, 1.807) is 45.9 Å². The lowest BCUT2D eigenvalue weighted by Crippen LogP contribution is -2.55. The number of para-hydroxylation sites is 2. The summed E-state index contributed by atoms with van der Waals surface area (Å²) in [4.78, 5) is 43.1. The fourth-order valence-electron chi connectivity index (χ4n) is 4.82. The number of carbonyl (C=O) groups excluding carboxylic acids is 3. The van der Waals surface area contributed by atoms with Crippen LogP contribution in [0.1, 0.15) is 103 Å². The van der Waals surface area contributed by atoms with Crippen molar-refractivity contribution in [3.05, 3.63) is 59.2 Å².